The predicted octanol–water partition coefficient (Wildman–Crippen LogP) is 2.40. The van der Waals surface area contributed by atoms with E-state index in [1.165, 1.54) is 6.92 Å². The average molecular weight is 233 g/mol. The minimum absolute atomic E-state index is 0.480. The number of hydrogen-bond acceptors (Lipinski definition) is 2. The van der Waals surface area contributed by atoms with E-state index < -0.39 is 10.2 Å². The maximum atomic E-state index is 11.3. The van der Waals surface area contributed by atoms with Gasteiger partial charge in [0.15, 0.2) is 4.33 Å². The van der Waals surface area contributed by atoms with Crippen LogP contribution < -0.4 is 11.1 Å². The quantitative estimate of drug-likeness (QED) is 0.608. The Balaban J connectivity index is 2.75. The van der Waals surface area contributed by atoms with Crippen molar-refractivity contribution in [3.63, 3.8) is 0 Å². The summed E-state index contributed by atoms with van der Waals surface area (Å²) in [6.45, 7) is 1.40. The number of alkyl halides is 2. The van der Waals surface area contributed by atoms with Crippen molar-refractivity contribution in [2.75, 3.05) is 11.1 Å². The van der Waals surface area contributed by atoms with Crippen LogP contribution in [0.25, 0.3) is 0 Å². The van der Waals surface area contributed by atoms with E-state index in [9.17, 15) is 4.79 Å². The molecule has 0 saturated carbocycles. The van der Waals surface area contributed by atoms with E-state index in [1.54, 1.807) is 24.3 Å². The second-order valence-electron chi connectivity index (χ2n) is 2.97. The van der Waals surface area contributed by atoms with Crippen LogP contribution in [-0.2, 0) is 4.79 Å². The van der Waals surface area contributed by atoms with Gasteiger partial charge in [0.2, 0.25) is 0 Å². The minimum Gasteiger partial charge on any atom is -0.399 e. The Labute approximate surface area is 92.2 Å². The lowest BCUT2D eigenvalue weighted by atomic mass is 10.3. The summed E-state index contributed by atoms with van der Waals surface area (Å²) < 4.78 is -1.44. The highest BCUT2D eigenvalue weighted by atomic mass is 35.5. The highest BCUT2D eigenvalue weighted by molar-refractivity contribution is 6.58. The summed E-state index contributed by atoms with van der Waals surface area (Å²) in [5.74, 6) is -0.480. The maximum absolute atomic E-state index is 11.3. The van der Waals surface area contributed by atoms with Crippen molar-refractivity contribution >= 4 is 40.5 Å². The number of nitrogen functional groups attached to an aromatic ring is 1. The van der Waals surface area contributed by atoms with Gasteiger partial charge in [0.25, 0.3) is 5.91 Å². The number of rotatable bonds is 2. The minimum atomic E-state index is -1.44. The summed E-state index contributed by atoms with van der Waals surface area (Å²) >= 11 is 11.2. The SMILES string of the molecule is CC(Cl)(Cl)C(=O)Nc1cccc(N)c1. The number of nitrogens with one attached hydrogen (secondary N) is 1. The molecule has 14 heavy (non-hydrogen) atoms. The van der Waals surface area contributed by atoms with Crippen molar-refractivity contribution in [1.82, 2.24) is 0 Å². The number of halogens is 2. The van der Waals surface area contributed by atoms with Crippen LogP contribution in [0.1, 0.15) is 6.92 Å². The molecule has 0 atom stereocenters. The smallest absolute Gasteiger partial charge is 0.260 e. The first-order chi connectivity index (χ1) is 6.39. The zero-order chi connectivity index (χ0) is 10.8. The van der Waals surface area contributed by atoms with Crippen LogP contribution in [0.3, 0.4) is 0 Å². The van der Waals surface area contributed by atoms with E-state index in [0.29, 0.717) is 11.4 Å². The molecule has 1 rings (SSSR count). The molecule has 1 aromatic rings. The van der Waals surface area contributed by atoms with Gasteiger partial charge in [-0.05, 0) is 25.1 Å². The molecule has 1 amide bonds. The van der Waals surface area contributed by atoms with E-state index in [-0.39, 0.29) is 0 Å². The highest BCUT2D eigenvalue weighted by Gasteiger charge is 2.27. The molecule has 5 heteroatoms. The summed E-state index contributed by atoms with van der Waals surface area (Å²) in [4.78, 5) is 11.3. The molecule has 0 unspecified atom stereocenters. The molecule has 0 fully saturated rings. The number of carbonyl (C=O) groups is 1. The van der Waals surface area contributed by atoms with E-state index >= 15 is 0 Å². The van der Waals surface area contributed by atoms with Gasteiger partial charge in [-0.25, -0.2) is 0 Å². The van der Waals surface area contributed by atoms with Gasteiger partial charge in [-0.2, -0.15) is 0 Å². The van der Waals surface area contributed by atoms with E-state index in [2.05, 4.69) is 5.32 Å². The summed E-state index contributed by atoms with van der Waals surface area (Å²) in [7, 11) is 0. The first-order valence-corrected chi connectivity index (χ1v) is 4.70. The van der Waals surface area contributed by atoms with Gasteiger partial charge in [-0.15, -0.1) is 0 Å². The van der Waals surface area contributed by atoms with Crippen molar-refractivity contribution in [2.45, 2.75) is 11.3 Å². The third-order valence-corrected chi connectivity index (χ3v) is 1.89. The number of nitrogens with two attached hydrogens (primary N) is 1. The molecule has 0 aromatic heterocycles. The summed E-state index contributed by atoms with van der Waals surface area (Å²) in [5.41, 5.74) is 6.66. The zero-order valence-corrected chi connectivity index (χ0v) is 9.06. The third-order valence-electron chi connectivity index (χ3n) is 1.54. The van der Waals surface area contributed by atoms with Gasteiger partial charge in [0, 0.05) is 11.4 Å². The average Bonchev–Trinajstić information content (AvgIpc) is 2.02. The molecule has 1 aromatic carbocycles. The number of anilines is 2. The Morgan fingerprint density at radius 2 is 2.14 bits per heavy atom. The molecule has 0 radical (unpaired) electrons. The fraction of sp³-hybridized carbons (Fsp3) is 0.222. The second-order valence-corrected chi connectivity index (χ2v) is 4.67. The van der Waals surface area contributed by atoms with Crippen LogP contribution >= 0.6 is 23.2 Å². The Bertz CT molecular complexity index is 347. The topological polar surface area (TPSA) is 55.1 Å². The molecule has 0 aliphatic heterocycles. The summed E-state index contributed by atoms with van der Waals surface area (Å²) in [6.07, 6.45) is 0. The molecular formula is C9H10Cl2N2O. The fourth-order valence-electron chi connectivity index (χ4n) is 0.857. The molecular weight excluding hydrogens is 223 g/mol. The summed E-state index contributed by atoms with van der Waals surface area (Å²) in [5, 5.41) is 2.54. The Morgan fingerprint density at radius 3 is 2.64 bits per heavy atom. The molecule has 0 aliphatic rings. The van der Waals surface area contributed by atoms with Crippen molar-refractivity contribution in [1.29, 1.82) is 0 Å². The van der Waals surface area contributed by atoms with Crippen molar-refractivity contribution < 1.29 is 4.79 Å². The highest BCUT2D eigenvalue weighted by Crippen LogP contribution is 2.22. The first-order valence-electron chi connectivity index (χ1n) is 3.94. The van der Waals surface area contributed by atoms with Gasteiger partial charge in [-0.3, -0.25) is 4.79 Å². The van der Waals surface area contributed by atoms with Gasteiger partial charge < -0.3 is 11.1 Å². The molecule has 0 saturated heterocycles. The van der Waals surface area contributed by atoms with Crippen molar-refractivity contribution in [2.24, 2.45) is 0 Å². The largest absolute Gasteiger partial charge is 0.399 e. The van der Waals surface area contributed by atoms with Gasteiger partial charge >= 0.3 is 0 Å². The fourth-order valence-corrected chi connectivity index (χ4v) is 0.952. The maximum Gasteiger partial charge on any atom is 0.260 e. The number of amides is 1. The normalized spacial score (nSPS) is 11.1. The van der Waals surface area contributed by atoms with Crippen molar-refractivity contribution in [3.05, 3.63) is 24.3 Å². The molecule has 3 nitrogen and oxygen atoms in total. The number of carbonyl (C=O) groups excluding carboxylic acids is 1. The molecule has 3 N–H and O–H groups in total. The Morgan fingerprint density at radius 1 is 1.50 bits per heavy atom. The van der Waals surface area contributed by atoms with E-state index in [4.69, 9.17) is 28.9 Å². The monoisotopic (exact) mass is 232 g/mol. The van der Waals surface area contributed by atoms with Gasteiger partial charge in [0.1, 0.15) is 0 Å². The van der Waals surface area contributed by atoms with Crippen LogP contribution in [0.4, 0.5) is 11.4 Å². The Hall–Kier alpha value is -0.930. The molecule has 0 spiro atoms. The van der Waals surface area contributed by atoms with E-state index in [0.717, 1.165) is 0 Å². The lowest BCUT2D eigenvalue weighted by Gasteiger charge is -2.13. The van der Waals surface area contributed by atoms with Crippen LogP contribution in [-0.4, -0.2) is 10.2 Å². The lowest BCUT2D eigenvalue weighted by Crippen LogP contribution is -2.29. The van der Waals surface area contributed by atoms with E-state index in [1.807, 2.05) is 0 Å². The van der Waals surface area contributed by atoms with Gasteiger partial charge in [0.05, 0.1) is 0 Å². The Kier molecular flexibility index (Phi) is 3.24. The molecule has 76 valence electrons. The zero-order valence-electron chi connectivity index (χ0n) is 7.55. The lowest BCUT2D eigenvalue weighted by molar-refractivity contribution is -0.116. The van der Waals surface area contributed by atoms with Crippen LogP contribution in [0.5, 0.6) is 0 Å². The van der Waals surface area contributed by atoms with Gasteiger partial charge in [-0.1, -0.05) is 29.3 Å². The second kappa shape index (κ2) is 4.07. The van der Waals surface area contributed by atoms with Crippen molar-refractivity contribution in [3.8, 4) is 0 Å². The van der Waals surface area contributed by atoms with Crippen LogP contribution in [0.15, 0.2) is 24.3 Å². The number of benzene rings is 1. The standard InChI is InChI=1S/C9H10Cl2N2O/c1-9(10,11)8(14)13-7-4-2-3-6(12)5-7/h2-5H,12H2,1H3,(H,13,14). The third kappa shape index (κ3) is 3.09. The molecule has 0 bridgehead atoms. The predicted molar refractivity (Wildman–Crippen MR) is 59.6 cm³/mol. The summed E-state index contributed by atoms with van der Waals surface area (Å²) in [6, 6.07) is 6.77. The molecule has 0 aliphatic carbocycles. The molecule has 0 heterocycles. The van der Waals surface area contributed by atoms with Crippen LogP contribution in [0.2, 0.25) is 0 Å². The number of hydrogen-bond donors (Lipinski definition) is 2. The first kappa shape index (κ1) is 11.1. The van der Waals surface area contributed by atoms with Crippen LogP contribution in [0, 0.1) is 0 Å².